The van der Waals surface area contributed by atoms with Crippen LogP contribution in [-0.4, -0.2) is 52.2 Å². The summed E-state index contributed by atoms with van der Waals surface area (Å²) >= 11 is 6.22. The summed E-state index contributed by atoms with van der Waals surface area (Å²) in [5.41, 5.74) is 4.13. The maximum Gasteiger partial charge on any atom is 0.223 e. The molecule has 36 heavy (non-hydrogen) atoms. The van der Waals surface area contributed by atoms with E-state index in [2.05, 4.69) is 35.3 Å². The Morgan fingerprint density at radius 2 is 1.97 bits per heavy atom. The van der Waals surface area contributed by atoms with Gasteiger partial charge in [-0.15, -0.1) is 0 Å². The van der Waals surface area contributed by atoms with Gasteiger partial charge in [0.25, 0.3) is 0 Å². The average molecular weight is 509 g/mol. The van der Waals surface area contributed by atoms with E-state index in [1.807, 2.05) is 67.0 Å². The van der Waals surface area contributed by atoms with Gasteiger partial charge in [-0.05, 0) is 62.6 Å². The second kappa shape index (κ2) is 11.5. The number of ether oxygens (including phenoxy) is 1. The van der Waals surface area contributed by atoms with Crippen LogP contribution in [0.4, 0.5) is 0 Å². The largest absolute Gasteiger partial charge is 0.493 e. The van der Waals surface area contributed by atoms with Crippen LogP contribution in [0.2, 0.25) is 5.02 Å². The van der Waals surface area contributed by atoms with Crippen molar-refractivity contribution in [2.45, 2.75) is 46.2 Å². The number of likely N-dealkylation sites (tertiary alicyclic amines) is 1. The van der Waals surface area contributed by atoms with E-state index in [-0.39, 0.29) is 11.3 Å². The van der Waals surface area contributed by atoms with Crippen molar-refractivity contribution < 1.29 is 9.53 Å². The minimum Gasteiger partial charge on any atom is -0.493 e. The highest BCUT2D eigenvalue weighted by Crippen LogP contribution is 2.36. The zero-order chi connectivity index (χ0) is 25.7. The Bertz CT molecular complexity index is 1180. The predicted octanol–water partition coefficient (Wildman–Crippen LogP) is 5.40. The molecule has 0 unspecified atom stereocenters. The van der Waals surface area contributed by atoms with Gasteiger partial charge in [0.15, 0.2) is 0 Å². The molecular formula is C29H37ClN4O2. The molecule has 1 saturated heterocycles. The summed E-state index contributed by atoms with van der Waals surface area (Å²) in [5.74, 6) is 0.940. The molecule has 0 N–H and O–H groups in total. The van der Waals surface area contributed by atoms with Gasteiger partial charge in [-0.3, -0.25) is 14.4 Å². The van der Waals surface area contributed by atoms with Crippen LogP contribution in [0.15, 0.2) is 54.7 Å². The van der Waals surface area contributed by atoms with Crippen molar-refractivity contribution in [2.24, 2.45) is 12.5 Å². The van der Waals surface area contributed by atoms with Crippen LogP contribution < -0.4 is 4.74 Å². The first-order chi connectivity index (χ1) is 17.2. The molecule has 0 saturated carbocycles. The summed E-state index contributed by atoms with van der Waals surface area (Å²) < 4.78 is 8.21. The number of hydrogen-bond donors (Lipinski definition) is 0. The van der Waals surface area contributed by atoms with Gasteiger partial charge in [0.1, 0.15) is 5.75 Å². The SMILES string of the molecule is Cc1cc(OC[C@]2(CC(=O)N(C)Cc3ccccc3)CCCN(Cc3cn(C)nc3C)C2)ccc1Cl. The predicted molar refractivity (Wildman–Crippen MR) is 144 cm³/mol. The van der Waals surface area contributed by atoms with Crippen molar-refractivity contribution >= 4 is 17.5 Å². The number of halogens is 1. The first-order valence-electron chi connectivity index (χ1n) is 12.6. The topological polar surface area (TPSA) is 50.6 Å². The fraction of sp³-hybridized carbons (Fsp3) is 0.448. The van der Waals surface area contributed by atoms with Gasteiger partial charge in [-0.25, -0.2) is 0 Å². The second-order valence-corrected chi connectivity index (χ2v) is 10.7. The molecule has 1 atom stereocenters. The molecule has 7 heteroatoms. The van der Waals surface area contributed by atoms with Gasteiger partial charge in [0.2, 0.25) is 5.91 Å². The highest BCUT2D eigenvalue weighted by molar-refractivity contribution is 6.31. The summed E-state index contributed by atoms with van der Waals surface area (Å²) in [6, 6.07) is 15.9. The smallest absolute Gasteiger partial charge is 0.223 e. The Morgan fingerprint density at radius 3 is 2.67 bits per heavy atom. The van der Waals surface area contributed by atoms with Gasteiger partial charge in [-0.1, -0.05) is 41.9 Å². The van der Waals surface area contributed by atoms with E-state index < -0.39 is 0 Å². The molecule has 3 aromatic rings. The number of carbonyl (C=O) groups is 1. The monoisotopic (exact) mass is 508 g/mol. The van der Waals surface area contributed by atoms with Gasteiger partial charge < -0.3 is 9.64 Å². The van der Waals surface area contributed by atoms with Crippen LogP contribution in [0.3, 0.4) is 0 Å². The molecule has 1 amide bonds. The lowest BCUT2D eigenvalue weighted by atomic mass is 9.77. The molecule has 4 rings (SSSR count). The molecule has 1 aromatic heterocycles. The van der Waals surface area contributed by atoms with Crippen molar-refractivity contribution in [1.82, 2.24) is 19.6 Å². The number of aromatic nitrogens is 2. The zero-order valence-electron chi connectivity index (χ0n) is 21.8. The summed E-state index contributed by atoms with van der Waals surface area (Å²) in [4.78, 5) is 17.8. The number of rotatable bonds is 9. The van der Waals surface area contributed by atoms with Crippen LogP contribution in [-0.2, 0) is 24.9 Å². The number of carbonyl (C=O) groups excluding carboxylic acids is 1. The summed E-state index contributed by atoms with van der Waals surface area (Å²) in [6.45, 7) is 7.76. The standard InChI is InChI=1S/C29H37ClN4O2/c1-22-15-26(11-12-27(22)30)36-21-29(16-28(35)32(3)17-24-9-6-5-7-10-24)13-8-14-34(20-29)19-25-18-33(4)31-23(25)2/h5-7,9-12,15,18H,8,13-14,16-17,19-21H2,1-4H3/t29-/m0/s1. The third-order valence-corrected chi connectivity index (χ3v) is 7.56. The molecule has 1 fully saturated rings. The van der Waals surface area contributed by atoms with Crippen molar-refractivity contribution in [2.75, 3.05) is 26.7 Å². The Kier molecular flexibility index (Phi) is 8.37. The maximum absolute atomic E-state index is 13.5. The molecule has 1 aliphatic rings. The van der Waals surface area contributed by atoms with E-state index in [1.54, 1.807) is 0 Å². The molecule has 0 bridgehead atoms. The van der Waals surface area contributed by atoms with E-state index >= 15 is 0 Å². The maximum atomic E-state index is 13.5. The molecule has 6 nitrogen and oxygen atoms in total. The summed E-state index contributed by atoms with van der Waals surface area (Å²) in [7, 11) is 3.85. The molecule has 0 spiro atoms. The number of benzene rings is 2. The lowest BCUT2D eigenvalue weighted by Crippen LogP contribution is -2.48. The second-order valence-electron chi connectivity index (χ2n) is 10.3. The number of piperidine rings is 1. The zero-order valence-corrected chi connectivity index (χ0v) is 22.6. The van der Waals surface area contributed by atoms with Crippen LogP contribution >= 0.6 is 11.6 Å². The molecule has 192 valence electrons. The highest BCUT2D eigenvalue weighted by atomic mass is 35.5. The molecule has 2 aromatic carbocycles. The van der Waals surface area contributed by atoms with Crippen molar-refractivity contribution in [3.63, 3.8) is 0 Å². The first-order valence-corrected chi connectivity index (χ1v) is 13.0. The van der Waals surface area contributed by atoms with E-state index in [4.69, 9.17) is 16.3 Å². The minimum absolute atomic E-state index is 0.147. The fourth-order valence-corrected chi connectivity index (χ4v) is 5.27. The Labute approximate surface area is 219 Å². The van der Waals surface area contributed by atoms with Crippen LogP contribution in [0.5, 0.6) is 5.75 Å². The number of nitrogens with zero attached hydrogens (tertiary/aromatic N) is 4. The van der Waals surface area contributed by atoms with Crippen molar-refractivity contribution in [1.29, 1.82) is 0 Å². The van der Waals surface area contributed by atoms with Crippen LogP contribution in [0.25, 0.3) is 0 Å². The van der Waals surface area contributed by atoms with Crippen LogP contribution in [0, 0.1) is 19.3 Å². The van der Waals surface area contributed by atoms with Gasteiger partial charge in [-0.2, -0.15) is 5.10 Å². The van der Waals surface area contributed by atoms with Gasteiger partial charge in [0.05, 0.1) is 12.3 Å². The van der Waals surface area contributed by atoms with E-state index in [0.717, 1.165) is 60.1 Å². The number of aryl methyl sites for hydroxylation is 3. The van der Waals surface area contributed by atoms with E-state index in [9.17, 15) is 4.79 Å². The Balaban J connectivity index is 1.51. The summed E-state index contributed by atoms with van der Waals surface area (Å²) in [6.07, 6.45) is 4.52. The highest BCUT2D eigenvalue weighted by Gasteiger charge is 2.39. The minimum atomic E-state index is -0.274. The lowest BCUT2D eigenvalue weighted by Gasteiger charge is -2.43. The number of hydrogen-bond acceptors (Lipinski definition) is 4. The number of amides is 1. The molecular weight excluding hydrogens is 472 g/mol. The third-order valence-electron chi connectivity index (χ3n) is 7.14. The lowest BCUT2D eigenvalue weighted by molar-refractivity contribution is -0.135. The van der Waals surface area contributed by atoms with Crippen molar-refractivity contribution in [3.8, 4) is 5.75 Å². The molecule has 0 radical (unpaired) electrons. The average Bonchev–Trinajstić information content (AvgIpc) is 3.17. The van der Waals surface area contributed by atoms with Gasteiger partial charge >= 0.3 is 0 Å². The molecule has 0 aliphatic carbocycles. The quantitative estimate of drug-likeness (QED) is 0.388. The van der Waals surface area contributed by atoms with E-state index in [0.29, 0.717) is 19.6 Å². The normalized spacial score (nSPS) is 18.2. The third kappa shape index (κ3) is 6.68. The van der Waals surface area contributed by atoms with Crippen LogP contribution in [0.1, 0.15) is 41.6 Å². The Hall–Kier alpha value is -2.83. The first kappa shape index (κ1) is 26.2. The Morgan fingerprint density at radius 1 is 1.19 bits per heavy atom. The van der Waals surface area contributed by atoms with Crippen molar-refractivity contribution in [3.05, 3.63) is 82.1 Å². The molecule has 1 aliphatic heterocycles. The summed E-state index contributed by atoms with van der Waals surface area (Å²) in [5, 5.41) is 5.24. The fourth-order valence-electron chi connectivity index (χ4n) is 5.15. The molecule has 2 heterocycles. The van der Waals surface area contributed by atoms with Gasteiger partial charge in [0, 0.05) is 62.3 Å². The van der Waals surface area contributed by atoms with E-state index in [1.165, 1.54) is 5.56 Å².